The van der Waals surface area contributed by atoms with Gasteiger partial charge in [0, 0.05) is 0 Å². The first-order chi connectivity index (χ1) is 14.0. The van der Waals surface area contributed by atoms with E-state index in [4.69, 9.17) is 27.9 Å². The van der Waals surface area contributed by atoms with Crippen molar-refractivity contribution in [3.63, 3.8) is 0 Å². The summed E-state index contributed by atoms with van der Waals surface area (Å²) in [7, 11) is -2.16. The average Bonchev–Trinajstić information content (AvgIpc) is 2.67. The molecule has 0 saturated carbocycles. The van der Waals surface area contributed by atoms with Crippen LogP contribution in [0.15, 0.2) is 36.4 Å². The number of anilines is 1. The molecule has 9 heteroatoms. The van der Waals surface area contributed by atoms with Gasteiger partial charge in [0.15, 0.2) is 0 Å². The zero-order valence-electron chi connectivity index (χ0n) is 17.6. The lowest BCUT2D eigenvalue weighted by Gasteiger charge is -2.30. The number of halogens is 2. The van der Waals surface area contributed by atoms with Crippen molar-refractivity contribution in [1.82, 2.24) is 5.32 Å². The quantitative estimate of drug-likeness (QED) is 0.602. The van der Waals surface area contributed by atoms with E-state index in [0.29, 0.717) is 11.4 Å². The van der Waals surface area contributed by atoms with E-state index in [1.165, 1.54) is 25.1 Å². The van der Waals surface area contributed by atoms with E-state index in [9.17, 15) is 13.2 Å². The highest BCUT2D eigenvalue weighted by molar-refractivity contribution is 7.92. The molecule has 0 spiro atoms. The van der Waals surface area contributed by atoms with Gasteiger partial charge >= 0.3 is 0 Å². The van der Waals surface area contributed by atoms with Crippen LogP contribution in [0.1, 0.15) is 37.4 Å². The van der Waals surface area contributed by atoms with Crippen LogP contribution in [-0.2, 0) is 14.8 Å². The largest absolute Gasteiger partial charge is 0.496 e. The lowest BCUT2D eigenvalue weighted by Crippen LogP contribution is -2.48. The standard InChI is InChI=1S/C21H26Cl2N2O4S/c1-6-19(15-7-10-20(29-4)13(2)11-15)24-21(26)14(3)25(30(5,27)28)16-8-9-17(22)18(23)12-16/h7-12,14,19H,6H2,1-5H3,(H,24,26). The monoisotopic (exact) mass is 472 g/mol. The normalized spacial score (nSPS) is 13.4. The Balaban J connectivity index is 2.31. The Morgan fingerprint density at radius 1 is 1.17 bits per heavy atom. The van der Waals surface area contributed by atoms with E-state index in [1.807, 2.05) is 32.0 Å². The van der Waals surface area contributed by atoms with Crippen LogP contribution in [0.2, 0.25) is 10.0 Å². The molecule has 0 radical (unpaired) electrons. The Hall–Kier alpha value is -1.96. The molecule has 2 aromatic rings. The molecule has 0 saturated heterocycles. The first kappa shape index (κ1) is 24.3. The number of sulfonamides is 1. The second-order valence-electron chi connectivity index (χ2n) is 7.03. The molecule has 2 rings (SSSR count). The molecule has 0 bridgehead atoms. The summed E-state index contributed by atoms with van der Waals surface area (Å²) in [5, 5.41) is 3.45. The minimum atomic E-state index is -3.76. The number of benzene rings is 2. The Labute approximate surface area is 188 Å². The molecule has 2 aromatic carbocycles. The molecule has 0 fully saturated rings. The second-order valence-corrected chi connectivity index (χ2v) is 9.71. The summed E-state index contributed by atoms with van der Waals surface area (Å²) in [6.07, 6.45) is 1.68. The molecular weight excluding hydrogens is 447 g/mol. The van der Waals surface area contributed by atoms with E-state index in [-0.39, 0.29) is 16.8 Å². The SMILES string of the molecule is CCC(NC(=O)C(C)N(c1ccc(Cl)c(Cl)c1)S(C)(=O)=O)c1ccc(OC)c(C)c1. The van der Waals surface area contributed by atoms with E-state index in [2.05, 4.69) is 5.32 Å². The number of nitrogens with one attached hydrogen (secondary N) is 1. The van der Waals surface area contributed by atoms with Crippen molar-refractivity contribution in [2.45, 2.75) is 39.3 Å². The number of aryl methyl sites for hydroxylation is 1. The van der Waals surface area contributed by atoms with Crippen molar-refractivity contribution in [2.24, 2.45) is 0 Å². The van der Waals surface area contributed by atoms with E-state index >= 15 is 0 Å². The minimum absolute atomic E-state index is 0.204. The molecule has 1 amide bonds. The van der Waals surface area contributed by atoms with Crippen LogP contribution in [0.5, 0.6) is 5.75 Å². The fourth-order valence-corrected chi connectivity index (χ4v) is 4.72. The third kappa shape index (κ3) is 5.59. The molecule has 2 unspecified atom stereocenters. The predicted molar refractivity (Wildman–Crippen MR) is 122 cm³/mol. The Morgan fingerprint density at radius 2 is 1.83 bits per heavy atom. The molecule has 0 aliphatic heterocycles. The summed E-state index contributed by atoms with van der Waals surface area (Å²) in [5.74, 6) is 0.336. The summed E-state index contributed by atoms with van der Waals surface area (Å²) in [6, 6.07) is 8.86. The summed E-state index contributed by atoms with van der Waals surface area (Å²) in [5.41, 5.74) is 2.13. The van der Waals surface area contributed by atoms with Gasteiger partial charge in [0.05, 0.1) is 35.1 Å². The summed E-state index contributed by atoms with van der Waals surface area (Å²) in [6.45, 7) is 5.41. The van der Waals surface area contributed by atoms with Crippen molar-refractivity contribution in [2.75, 3.05) is 17.7 Å². The van der Waals surface area contributed by atoms with E-state index < -0.39 is 22.0 Å². The van der Waals surface area contributed by atoms with E-state index in [0.717, 1.165) is 27.4 Å². The zero-order chi connectivity index (χ0) is 22.6. The van der Waals surface area contributed by atoms with Gasteiger partial charge in [0.25, 0.3) is 0 Å². The number of carbonyl (C=O) groups is 1. The van der Waals surface area contributed by atoms with Crippen molar-refractivity contribution < 1.29 is 17.9 Å². The molecule has 6 nitrogen and oxygen atoms in total. The summed E-state index contributed by atoms with van der Waals surface area (Å²) >= 11 is 12.0. The van der Waals surface area contributed by atoms with Crippen molar-refractivity contribution in [3.8, 4) is 5.75 Å². The maximum atomic E-state index is 13.0. The molecule has 0 aliphatic carbocycles. The molecule has 164 valence electrons. The van der Waals surface area contributed by atoms with Gasteiger partial charge in [-0.3, -0.25) is 9.10 Å². The first-order valence-electron chi connectivity index (χ1n) is 9.39. The lowest BCUT2D eigenvalue weighted by atomic mass is 10.0. The van der Waals surface area contributed by atoms with Gasteiger partial charge in [-0.1, -0.05) is 42.3 Å². The fourth-order valence-electron chi connectivity index (χ4n) is 3.26. The van der Waals surface area contributed by atoms with Crippen LogP contribution in [0.3, 0.4) is 0 Å². The third-order valence-electron chi connectivity index (χ3n) is 4.79. The zero-order valence-corrected chi connectivity index (χ0v) is 19.9. The number of hydrogen-bond donors (Lipinski definition) is 1. The van der Waals surface area contributed by atoms with Crippen LogP contribution in [0.25, 0.3) is 0 Å². The molecular formula is C21H26Cl2N2O4S. The molecule has 30 heavy (non-hydrogen) atoms. The third-order valence-corrected chi connectivity index (χ3v) is 6.77. The van der Waals surface area contributed by atoms with Gasteiger partial charge in [0.1, 0.15) is 11.8 Å². The minimum Gasteiger partial charge on any atom is -0.496 e. The lowest BCUT2D eigenvalue weighted by molar-refractivity contribution is -0.122. The van der Waals surface area contributed by atoms with Crippen LogP contribution in [0.4, 0.5) is 5.69 Å². The second kappa shape index (κ2) is 9.90. The van der Waals surface area contributed by atoms with Crippen molar-refractivity contribution in [3.05, 3.63) is 57.6 Å². The highest BCUT2D eigenvalue weighted by Gasteiger charge is 2.30. The molecule has 0 aliphatic rings. The summed E-state index contributed by atoms with van der Waals surface area (Å²) < 4.78 is 31.3. The number of nitrogens with zero attached hydrogens (tertiary/aromatic N) is 1. The van der Waals surface area contributed by atoms with Crippen molar-refractivity contribution in [1.29, 1.82) is 0 Å². The van der Waals surface area contributed by atoms with Gasteiger partial charge in [-0.25, -0.2) is 8.42 Å². The number of hydrogen-bond acceptors (Lipinski definition) is 4. The number of methoxy groups -OCH3 is 1. The topological polar surface area (TPSA) is 75.7 Å². The van der Waals surface area contributed by atoms with Crippen LogP contribution in [0, 0.1) is 6.92 Å². The number of ether oxygens (including phenoxy) is 1. The Bertz CT molecular complexity index is 1030. The molecule has 0 aromatic heterocycles. The van der Waals surface area contributed by atoms with Gasteiger partial charge in [0.2, 0.25) is 15.9 Å². The highest BCUT2D eigenvalue weighted by Crippen LogP contribution is 2.30. The fraction of sp³-hybridized carbons (Fsp3) is 0.381. The Morgan fingerprint density at radius 3 is 2.33 bits per heavy atom. The average molecular weight is 473 g/mol. The first-order valence-corrected chi connectivity index (χ1v) is 12.0. The molecule has 1 N–H and O–H groups in total. The van der Waals surface area contributed by atoms with Gasteiger partial charge in [-0.15, -0.1) is 0 Å². The van der Waals surface area contributed by atoms with Crippen LogP contribution in [-0.4, -0.2) is 33.7 Å². The van der Waals surface area contributed by atoms with Gasteiger partial charge in [-0.05, 0) is 55.7 Å². The van der Waals surface area contributed by atoms with Gasteiger partial charge in [-0.2, -0.15) is 0 Å². The van der Waals surface area contributed by atoms with Crippen molar-refractivity contribution >= 4 is 44.8 Å². The maximum absolute atomic E-state index is 13.0. The maximum Gasteiger partial charge on any atom is 0.244 e. The Kier molecular flexibility index (Phi) is 8.02. The van der Waals surface area contributed by atoms with Crippen LogP contribution >= 0.6 is 23.2 Å². The number of amides is 1. The molecule has 2 atom stereocenters. The number of rotatable bonds is 8. The molecule has 0 heterocycles. The van der Waals surface area contributed by atoms with Crippen LogP contribution < -0.4 is 14.4 Å². The summed E-state index contributed by atoms with van der Waals surface area (Å²) in [4.78, 5) is 13.0. The predicted octanol–water partition coefficient (Wildman–Crippen LogP) is 4.73. The number of carbonyl (C=O) groups excluding carboxylic acids is 1. The highest BCUT2D eigenvalue weighted by atomic mass is 35.5. The smallest absolute Gasteiger partial charge is 0.244 e. The van der Waals surface area contributed by atoms with Gasteiger partial charge < -0.3 is 10.1 Å². The van der Waals surface area contributed by atoms with E-state index in [1.54, 1.807) is 7.11 Å².